The van der Waals surface area contributed by atoms with Crippen LogP contribution in [0.1, 0.15) is 90.0 Å². The van der Waals surface area contributed by atoms with Gasteiger partial charge in [-0.15, -0.1) is 0 Å². The van der Waals surface area contributed by atoms with Gasteiger partial charge >= 0.3 is 0 Å². The van der Waals surface area contributed by atoms with Crippen LogP contribution >= 0.6 is 11.6 Å². The summed E-state index contributed by atoms with van der Waals surface area (Å²) in [6.45, 7) is 15.3. The maximum Gasteiger partial charge on any atom is 0.262 e. The smallest absolute Gasteiger partial charge is 0.262 e. The standard InChI is InChI=1S/C47H52ClN7O6/c1-46(2)44(47(3,4)45(46)61-34-11-7-29(21-49)37(48)20-34)51-40(57)28-5-8-32(9-6-28)53-17-15-27(16-18-53)22-52-23-30-25-54(26-31(30)24-52)33-10-12-35-36(19-33)43(60)55(42(35)59)38-13-14-39(56)50-41(38)58/h5-12,19-20,27,30-31,38,44-45H,13-18,22-26H2,1-4H3,(H,51,57)(H,50,56,58). The fourth-order valence-corrected chi connectivity index (χ4v) is 11.7. The van der Waals surface area contributed by atoms with Crippen LogP contribution in [0.25, 0.3) is 0 Å². The molecule has 6 aliphatic rings. The van der Waals surface area contributed by atoms with Gasteiger partial charge in [-0.3, -0.25) is 34.2 Å². The molecule has 4 saturated heterocycles. The molecule has 318 valence electrons. The van der Waals surface area contributed by atoms with Gasteiger partial charge in [-0.2, -0.15) is 5.26 Å². The first kappa shape index (κ1) is 40.9. The van der Waals surface area contributed by atoms with Gasteiger partial charge in [-0.05, 0) is 91.6 Å². The number of piperidine rings is 2. The largest absolute Gasteiger partial charge is 0.489 e. The van der Waals surface area contributed by atoms with Crippen LogP contribution in [-0.2, 0) is 9.59 Å². The second kappa shape index (κ2) is 15.5. The predicted octanol–water partition coefficient (Wildman–Crippen LogP) is 5.51. The van der Waals surface area contributed by atoms with Crippen LogP contribution in [0.2, 0.25) is 5.02 Å². The number of halogens is 1. The van der Waals surface area contributed by atoms with Gasteiger partial charge in [0.1, 0.15) is 24.0 Å². The van der Waals surface area contributed by atoms with Gasteiger partial charge in [-0.25, -0.2) is 0 Å². The number of nitrogens with zero attached hydrogens (tertiary/aromatic N) is 5. The third-order valence-electron chi connectivity index (χ3n) is 14.4. The minimum atomic E-state index is -0.968. The number of carbonyl (C=O) groups is 5. The van der Waals surface area contributed by atoms with Crippen molar-refractivity contribution in [3.05, 3.63) is 87.9 Å². The van der Waals surface area contributed by atoms with E-state index in [0.717, 1.165) is 74.9 Å². The fourth-order valence-electron chi connectivity index (χ4n) is 11.5. The summed E-state index contributed by atoms with van der Waals surface area (Å²) in [5.41, 5.74) is 3.02. The van der Waals surface area contributed by atoms with Gasteiger partial charge in [0.05, 0.1) is 21.7 Å². The Morgan fingerprint density at radius 3 is 2.13 bits per heavy atom. The lowest BCUT2D eigenvalue weighted by Crippen LogP contribution is -2.74. The highest BCUT2D eigenvalue weighted by molar-refractivity contribution is 6.31. The average Bonchev–Trinajstić information content (AvgIpc) is 3.88. The number of benzene rings is 3. The Morgan fingerprint density at radius 1 is 0.836 bits per heavy atom. The van der Waals surface area contributed by atoms with E-state index in [1.807, 2.05) is 18.2 Å². The number of hydrogen-bond donors (Lipinski definition) is 2. The molecule has 9 rings (SSSR count). The molecule has 14 heteroatoms. The minimum Gasteiger partial charge on any atom is -0.489 e. The monoisotopic (exact) mass is 845 g/mol. The molecule has 3 unspecified atom stereocenters. The molecule has 0 radical (unpaired) electrons. The van der Waals surface area contributed by atoms with Gasteiger partial charge < -0.3 is 24.8 Å². The molecule has 13 nitrogen and oxygen atoms in total. The second-order valence-corrected chi connectivity index (χ2v) is 19.5. The maximum atomic E-state index is 13.5. The van der Waals surface area contributed by atoms with Crippen molar-refractivity contribution >= 4 is 52.5 Å². The molecular formula is C47H52ClN7O6. The molecule has 3 atom stereocenters. The predicted molar refractivity (Wildman–Crippen MR) is 230 cm³/mol. The lowest BCUT2D eigenvalue weighted by molar-refractivity contribution is -0.164. The van der Waals surface area contributed by atoms with E-state index in [1.54, 1.807) is 30.3 Å². The molecule has 61 heavy (non-hydrogen) atoms. The number of amides is 5. The summed E-state index contributed by atoms with van der Waals surface area (Å²) in [7, 11) is 0. The maximum absolute atomic E-state index is 13.5. The molecule has 5 fully saturated rings. The number of carbonyl (C=O) groups excluding carboxylic acids is 5. The lowest BCUT2D eigenvalue weighted by Gasteiger charge is -2.63. The molecule has 3 aromatic rings. The zero-order valence-corrected chi connectivity index (χ0v) is 35.8. The van der Waals surface area contributed by atoms with Crippen LogP contribution in [0.3, 0.4) is 0 Å². The van der Waals surface area contributed by atoms with Gasteiger partial charge in [-0.1, -0.05) is 39.3 Å². The van der Waals surface area contributed by atoms with Crippen molar-refractivity contribution in [1.29, 1.82) is 5.26 Å². The molecular weight excluding hydrogens is 794 g/mol. The van der Waals surface area contributed by atoms with Crippen molar-refractivity contribution in [1.82, 2.24) is 20.4 Å². The molecule has 1 aliphatic carbocycles. The number of imide groups is 2. The molecule has 0 spiro atoms. The summed E-state index contributed by atoms with van der Waals surface area (Å²) in [5, 5.41) is 15.1. The van der Waals surface area contributed by atoms with Crippen LogP contribution in [0.5, 0.6) is 5.75 Å². The van der Waals surface area contributed by atoms with E-state index in [4.69, 9.17) is 16.3 Å². The van der Waals surface area contributed by atoms with E-state index >= 15 is 0 Å². The van der Waals surface area contributed by atoms with Crippen molar-refractivity contribution in [3.63, 3.8) is 0 Å². The Labute approximate surface area is 361 Å². The van der Waals surface area contributed by atoms with Crippen molar-refractivity contribution < 1.29 is 28.7 Å². The first-order valence-corrected chi connectivity index (χ1v) is 21.8. The molecule has 5 aliphatic heterocycles. The van der Waals surface area contributed by atoms with E-state index in [2.05, 4.69) is 71.2 Å². The number of hydrogen-bond acceptors (Lipinski definition) is 10. The van der Waals surface area contributed by atoms with Crippen molar-refractivity contribution in [3.8, 4) is 11.8 Å². The molecule has 0 aromatic heterocycles. The van der Waals surface area contributed by atoms with Crippen LogP contribution in [0, 0.1) is 39.9 Å². The highest BCUT2D eigenvalue weighted by atomic mass is 35.5. The normalized spacial score (nSPS) is 27.0. The van der Waals surface area contributed by atoms with Crippen LogP contribution in [0.15, 0.2) is 60.7 Å². The van der Waals surface area contributed by atoms with Gasteiger partial charge in [0, 0.05) is 92.1 Å². The number of fused-ring (bicyclic) bond motifs is 2. The van der Waals surface area contributed by atoms with Crippen LogP contribution in [0.4, 0.5) is 11.4 Å². The average molecular weight is 846 g/mol. The summed E-state index contributed by atoms with van der Waals surface area (Å²) in [5.74, 6) is 0.250. The Kier molecular flexibility index (Phi) is 10.4. The van der Waals surface area contributed by atoms with Crippen molar-refractivity contribution in [2.75, 3.05) is 55.6 Å². The Bertz CT molecular complexity index is 2320. The molecule has 1 saturated carbocycles. The zero-order valence-electron chi connectivity index (χ0n) is 35.1. The molecule has 5 heterocycles. The summed E-state index contributed by atoms with van der Waals surface area (Å²) in [4.78, 5) is 72.6. The van der Waals surface area contributed by atoms with Crippen molar-refractivity contribution in [2.24, 2.45) is 28.6 Å². The molecule has 0 bridgehead atoms. The number of nitriles is 1. The van der Waals surface area contributed by atoms with E-state index in [9.17, 15) is 29.2 Å². The Balaban J connectivity index is 0.730. The quantitative estimate of drug-likeness (QED) is 0.264. The van der Waals surface area contributed by atoms with Crippen LogP contribution < -0.4 is 25.2 Å². The highest BCUT2D eigenvalue weighted by Gasteiger charge is 2.64. The van der Waals surface area contributed by atoms with Crippen LogP contribution in [-0.4, -0.2) is 103 Å². The SMILES string of the molecule is CC1(C)C(NC(=O)c2ccc(N3CCC(CN4CC5CN(c6ccc7c(c6)C(=O)N(C6CCC(=O)NC6=O)C7=O)CC5C4)CC3)cc2)C(C)(C)C1Oc1ccc(C#N)c(Cl)c1. The Hall–Kier alpha value is -5.45. The number of anilines is 2. The van der Waals surface area contributed by atoms with E-state index < -0.39 is 23.8 Å². The minimum absolute atomic E-state index is 0.0961. The summed E-state index contributed by atoms with van der Waals surface area (Å²) < 4.78 is 6.39. The number of nitrogens with one attached hydrogen (secondary N) is 2. The highest BCUT2D eigenvalue weighted by Crippen LogP contribution is 2.55. The molecule has 2 N–H and O–H groups in total. The third kappa shape index (κ3) is 7.31. The zero-order chi connectivity index (χ0) is 43.0. The summed E-state index contributed by atoms with van der Waals surface area (Å²) >= 11 is 6.26. The van der Waals surface area contributed by atoms with Crippen molar-refractivity contribution in [2.45, 2.75) is 71.6 Å². The van der Waals surface area contributed by atoms with E-state index in [1.165, 1.54) is 0 Å². The Morgan fingerprint density at radius 2 is 1.49 bits per heavy atom. The third-order valence-corrected chi connectivity index (χ3v) is 14.7. The summed E-state index contributed by atoms with van der Waals surface area (Å²) in [6.07, 6.45) is 2.29. The van der Waals surface area contributed by atoms with Gasteiger partial charge in [0.25, 0.3) is 17.7 Å². The fraction of sp³-hybridized carbons (Fsp3) is 0.489. The molecule has 3 aromatic carbocycles. The second-order valence-electron chi connectivity index (χ2n) is 19.1. The topological polar surface area (TPSA) is 155 Å². The van der Waals surface area contributed by atoms with E-state index in [0.29, 0.717) is 50.8 Å². The first-order valence-electron chi connectivity index (χ1n) is 21.5. The number of rotatable bonds is 9. The number of likely N-dealkylation sites (tertiary alicyclic amines) is 1. The van der Waals surface area contributed by atoms with E-state index in [-0.39, 0.29) is 47.6 Å². The summed E-state index contributed by atoms with van der Waals surface area (Å²) in [6, 6.07) is 19.5. The lowest BCUT2D eigenvalue weighted by atomic mass is 9.49. The number of ether oxygens (including phenoxy) is 1. The van der Waals surface area contributed by atoms with Gasteiger partial charge in [0.2, 0.25) is 11.8 Å². The van der Waals surface area contributed by atoms with Gasteiger partial charge in [0.15, 0.2) is 0 Å². The first-order chi connectivity index (χ1) is 29.1. The molecule has 5 amide bonds.